The van der Waals surface area contributed by atoms with Crippen molar-refractivity contribution in [2.45, 2.75) is 32.1 Å². The highest BCUT2D eigenvalue weighted by atomic mass is 19.1. The summed E-state index contributed by atoms with van der Waals surface area (Å²) in [7, 11) is 0. The topological polar surface area (TPSA) is 84.8 Å². The number of aromatic nitrogens is 1. The van der Waals surface area contributed by atoms with Crippen molar-refractivity contribution in [2.24, 2.45) is 5.73 Å². The second kappa shape index (κ2) is 5.21. The summed E-state index contributed by atoms with van der Waals surface area (Å²) in [4.78, 5) is 24.1. The summed E-state index contributed by atoms with van der Waals surface area (Å²) < 4.78 is 14.8. The van der Waals surface area contributed by atoms with Gasteiger partial charge in [0.1, 0.15) is 11.4 Å². The fraction of sp³-hybridized carbons (Fsp3) is 0.375. The lowest BCUT2D eigenvalue weighted by Gasteiger charge is -2.17. The van der Waals surface area contributed by atoms with Crippen molar-refractivity contribution in [3.05, 3.63) is 50.7 Å². The van der Waals surface area contributed by atoms with E-state index in [0.29, 0.717) is 23.1 Å². The summed E-state index contributed by atoms with van der Waals surface area (Å²) >= 11 is 0. The van der Waals surface area contributed by atoms with Crippen molar-refractivity contribution in [1.29, 1.82) is 0 Å². The number of hydrogen-bond acceptors (Lipinski definition) is 3. The Bertz CT molecular complexity index is 838. The molecule has 22 heavy (non-hydrogen) atoms. The third-order valence-electron chi connectivity index (χ3n) is 4.13. The average Bonchev–Trinajstić information content (AvgIpc) is 3.24. The van der Waals surface area contributed by atoms with E-state index < -0.39 is 17.3 Å². The minimum absolute atomic E-state index is 0.222. The van der Waals surface area contributed by atoms with Gasteiger partial charge in [0.25, 0.3) is 5.56 Å². The molecule has 2 heterocycles. The summed E-state index contributed by atoms with van der Waals surface area (Å²) in [5.41, 5.74) is 7.25. The number of nitrogens with zero attached hydrogens (tertiary/aromatic N) is 1. The Balaban J connectivity index is 2.53. The normalized spacial score (nSPS) is 14.5. The first-order valence-electron chi connectivity index (χ1n) is 7.26. The van der Waals surface area contributed by atoms with Crippen LogP contribution in [0.3, 0.4) is 0 Å². The fourth-order valence-electron chi connectivity index (χ4n) is 3.16. The maximum absolute atomic E-state index is 13.7. The minimum atomic E-state index is -1.29. The largest absolute Gasteiger partial charge is 0.477 e. The summed E-state index contributed by atoms with van der Waals surface area (Å²) in [5, 5.41) is 9.45. The molecule has 1 aliphatic rings. The number of rotatable bonds is 4. The van der Waals surface area contributed by atoms with E-state index in [2.05, 4.69) is 0 Å². The van der Waals surface area contributed by atoms with Crippen molar-refractivity contribution >= 4 is 11.5 Å². The first kappa shape index (κ1) is 14.7. The molecule has 0 radical (unpaired) electrons. The van der Waals surface area contributed by atoms with E-state index in [4.69, 9.17) is 5.73 Å². The Morgan fingerprint density at radius 3 is 2.73 bits per heavy atom. The van der Waals surface area contributed by atoms with E-state index in [1.54, 1.807) is 6.92 Å². The third kappa shape index (κ3) is 2.20. The summed E-state index contributed by atoms with van der Waals surface area (Å²) in [6.45, 7) is 1.99. The Labute approximate surface area is 126 Å². The van der Waals surface area contributed by atoms with E-state index in [-0.39, 0.29) is 18.0 Å². The number of hydrogen-bond donors (Lipinski definition) is 2. The molecule has 0 saturated heterocycles. The van der Waals surface area contributed by atoms with E-state index in [0.717, 1.165) is 29.0 Å². The molecular weight excluding hydrogens is 287 g/mol. The molecule has 0 atom stereocenters. The van der Waals surface area contributed by atoms with Gasteiger partial charge in [-0.25, -0.2) is 9.18 Å². The van der Waals surface area contributed by atoms with E-state index in [1.807, 2.05) is 0 Å². The zero-order valence-electron chi connectivity index (χ0n) is 12.2. The van der Waals surface area contributed by atoms with Crippen molar-refractivity contribution < 1.29 is 14.3 Å². The molecule has 5 nitrogen and oxygen atoms in total. The standard InChI is InChI=1S/C16H17FN2O3/c1-8-6-10(17)7-19-14(8)12(9-2-3-9)11(4-5-18)13(15(19)20)16(21)22/h6-7,9H,2-5,18H2,1H3,(H,21,22). The van der Waals surface area contributed by atoms with E-state index >= 15 is 0 Å². The highest BCUT2D eigenvalue weighted by Crippen LogP contribution is 2.44. The highest BCUT2D eigenvalue weighted by molar-refractivity contribution is 5.91. The molecule has 1 saturated carbocycles. The lowest BCUT2D eigenvalue weighted by molar-refractivity contribution is 0.0693. The van der Waals surface area contributed by atoms with Gasteiger partial charge in [-0.1, -0.05) is 0 Å². The number of aromatic carboxylic acids is 1. The molecule has 3 rings (SSSR count). The monoisotopic (exact) mass is 304 g/mol. The first-order valence-corrected chi connectivity index (χ1v) is 7.26. The van der Waals surface area contributed by atoms with Gasteiger partial charge in [0.2, 0.25) is 0 Å². The van der Waals surface area contributed by atoms with Gasteiger partial charge in [0.15, 0.2) is 0 Å². The molecule has 0 spiro atoms. The van der Waals surface area contributed by atoms with Gasteiger partial charge in [-0.05, 0) is 61.4 Å². The second-order valence-corrected chi connectivity index (χ2v) is 5.75. The number of nitrogens with two attached hydrogens (primary N) is 1. The first-order chi connectivity index (χ1) is 10.5. The summed E-state index contributed by atoms with van der Waals surface area (Å²) in [5.74, 6) is -1.62. The predicted molar refractivity (Wildman–Crippen MR) is 80.1 cm³/mol. The molecule has 116 valence electrons. The van der Waals surface area contributed by atoms with Gasteiger partial charge in [-0.15, -0.1) is 0 Å². The second-order valence-electron chi connectivity index (χ2n) is 5.75. The molecule has 0 aliphatic heterocycles. The predicted octanol–water partition coefficient (Wildman–Crippen LogP) is 1.82. The van der Waals surface area contributed by atoms with Gasteiger partial charge >= 0.3 is 5.97 Å². The van der Waals surface area contributed by atoms with Crippen LogP contribution in [0.15, 0.2) is 17.1 Å². The zero-order chi connectivity index (χ0) is 16.0. The Morgan fingerprint density at radius 1 is 1.50 bits per heavy atom. The van der Waals surface area contributed by atoms with Crippen LogP contribution < -0.4 is 11.3 Å². The van der Waals surface area contributed by atoms with Crippen LogP contribution in [0.2, 0.25) is 0 Å². The number of carboxylic acids is 1. The molecule has 0 bridgehead atoms. The molecular formula is C16H17FN2O3. The van der Waals surface area contributed by atoms with E-state index in [1.165, 1.54) is 6.07 Å². The lowest BCUT2D eigenvalue weighted by atomic mass is 9.93. The molecule has 0 aromatic carbocycles. The molecule has 6 heteroatoms. The number of aryl methyl sites for hydroxylation is 1. The van der Waals surface area contributed by atoms with Gasteiger partial charge in [-0.2, -0.15) is 0 Å². The molecule has 0 amide bonds. The van der Waals surface area contributed by atoms with Crippen molar-refractivity contribution in [1.82, 2.24) is 4.40 Å². The molecule has 1 aliphatic carbocycles. The quantitative estimate of drug-likeness (QED) is 0.902. The van der Waals surface area contributed by atoms with Crippen molar-refractivity contribution in [2.75, 3.05) is 6.54 Å². The Morgan fingerprint density at radius 2 is 2.18 bits per heavy atom. The average molecular weight is 304 g/mol. The van der Waals surface area contributed by atoms with Crippen LogP contribution >= 0.6 is 0 Å². The molecule has 1 fully saturated rings. The maximum atomic E-state index is 13.7. The van der Waals surface area contributed by atoms with E-state index in [9.17, 15) is 19.1 Å². The summed E-state index contributed by atoms with van der Waals surface area (Å²) in [6.07, 6.45) is 3.29. The molecule has 2 aromatic heterocycles. The molecule has 0 unspecified atom stereocenters. The van der Waals surface area contributed by atoms with Crippen LogP contribution in [0.1, 0.15) is 45.8 Å². The summed E-state index contributed by atoms with van der Waals surface area (Å²) in [6, 6.07) is 1.37. The Hall–Kier alpha value is -2.21. The number of fused-ring (bicyclic) bond motifs is 1. The van der Waals surface area contributed by atoms with Gasteiger partial charge in [-0.3, -0.25) is 9.20 Å². The van der Waals surface area contributed by atoms with Crippen LogP contribution in [0.5, 0.6) is 0 Å². The van der Waals surface area contributed by atoms with Crippen molar-refractivity contribution in [3.63, 3.8) is 0 Å². The van der Waals surface area contributed by atoms with Crippen LogP contribution in [-0.2, 0) is 6.42 Å². The number of pyridine rings is 2. The lowest BCUT2D eigenvalue weighted by Crippen LogP contribution is -2.28. The van der Waals surface area contributed by atoms with Gasteiger partial charge in [0.05, 0.1) is 5.52 Å². The molecule has 3 N–H and O–H groups in total. The van der Waals surface area contributed by atoms with Crippen LogP contribution in [0.25, 0.3) is 5.52 Å². The van der Waals surface area contributed by atoms with Crippen LogP contribution in [0.4, 0.5) is 4.39 Å². The minimum Gasteiger partial charge on any atom is -0.477 e. The van der Waals surface area contributed by atoms with Gasteiger partial charge < -0.3 is 10.8 Å². The van der Waals surface area contributed by atoms with Crippen LogP contribution in [-0.4, -0.2) is 22.0 Å². The number of halogens is 1. The maximum Gasteiger partial charge on any atom is 0.341 e. The van der Waals surface area contributed by atoms with Crippen LogP contribution in [0, 0.1) is 12.7 Å². The smallest absolute Gasteiger partial charge is 0.341 e. The zero-order valence-corrected chi connectivity index (χ0v) is 12.2. The SMILES string of the molecule is Cc1cc(F)cn2c(=O)c(C(=O)O)c(CCN)c(C3CC3)c12. The van der Waals surface area contributed by atoms with Crippen molar-refractivity contribution in [3.8, 4) is 0 Å². The number of carboxylic acid groups (broad SMARTS) is 1. The highest BCUT2D eigenvalue weighted by Gasteiger charge is 2.33. The fourth-order valence-corrected chi connectivity index (χ4v) is 3.16. The third-order valence-corrected chi connectivity index (χ3v) is 4.13. The molecule has 2 aromatic rings. The number of carbonyl (C=O) groups is 1. The Kier molecular flexibility index (Phi) is 3.48. The van der Waals surface area contributed by atoms with Gasteiger partial charge in [0, 0.05) is 6.20 Å².